The highest BCUT2D eigenvalue weighted by Gasteiger charge is 2.24. The quantitative estimate of drug-likeness (QED) is 0.317. The van der Waals surface area contributed by atoms with Crippen LogP contribution in [0.3, 0.4) is 0 Å². The summed E-state index contributed by atoms with van der Waals surface area (Å²) >= 11 is 0. The van der Waals surface area contributed by atoms with Gasteiger partial charge in [0, 0.05) is 31.4 Å². The number of benzene rings is 1. The molecule has 0 saturated heterocycles. The fourth-order valence-corrected chi connectivity index (χ4v) is 5.16. The molecule has 1 amide bonds. The Labute approximate surface area is 251 Å². The first-order chi connectivity index (χ1) is 19.6. The van der Waals surface area contributed by atoms with E-state index >= 15 is 0 Å². The molecule has 0 unspecified atom stereocenters. The number of sulfonamides is 1. The molecule has 2 aromatic rings. The number of amides is 1. The summed E-state index contributed by atoms with van der Waals surface area (Å²) in [6.07, 6.45) is 9.08. The summed E-state index contributed by atoms with van der Waals surface area (Å²) in [7, 11) is -2.06. The monoisotopic (exact) mass is 595 g/mol. The molecule has 0 fully saturated rings. The number of carbonyl (C=O) groups is 1. The van der Waals surface area contributed by atoms with E-state index in [1.807, 2.05) is 13.0 Å². The third-order valence-electron chi connectivity index (χ3n) is 6.89. The smallest absolute Gasteiger partial charge is 0.251 e. The summed E-state index contributed by atoms with van der Waals surface area (Å²) in [5, 5.41) is 23.0. The van der Waals surface area contributed by atoms with Crippen LogP contribution >= 0.6 is 0 Å². The molecule has 1 aliphatic carbocycles. The van der Waals surface area contributed by atoms with E-state index < -0.39 is 15.3 Å². The number of phenolic OH excluding ortho intramolecular Hbond substituents is 1. The Morgan fingerprint density at radius 1 is 1.19 bits per heavy atom. The van der Waals surface area contributed by atoms with E-state index in [2.05, 4.69) is 48.5 Å². The van der Waals surface area contributed by atoms with Crippen molar-refractivity contribution in [3.05, 3.63) is 77.0 Å². The van der Waals surface area contributed by atoms with Gasteiger partial charge >= 0.3 is 0 Å². The zero-order chi connectivity index (χ0) is 31.5. The van der Waals surface area contributed by atoms with Crippen LogP contribution in [0.15, 0.2) is 65.9 Å². The van der Waals surface area contributed by atoms with E-state index in [-0.39, 0.29) is 28.9 Å². The Morgan fingerprint density at radius 2 is 1.90 bits per heavy atom. The number of nitrogens with one attached hydrogen (secondary N) is 2. The Morgan fingerprint density at radius 3 is 2.50 bits per heavy atom. The van der Waals surface area contributed by atoms with Gasteiger partial charge in [0.25, 0.3) is 5.91 Å². The van der Waals surface area contributed by atoms with Crippen molar-refractivity contribution < 1.29 is 18.3 Å². The minimum absolute atomic E-state index is 0.0280. The zero-order valence-corrected chi connectivity index (χ0v) is 26.6. The SMILES string of the molecule is CC(C)S(=O)(=O)N(C)c1cc(C(=O)N[C@@H](C)CCNCC2=CCCC(C(C)(C)C)=C2)ccn1.N#Cc1cccc(O)c1. The molecule has 1 aromatic carbocycles. The van der Waals surface area contributed by atoms with Crippen LogP contribution in [0.2, 0.25) is 0 Å². The summed E-state index contributed by atoms with van der Waals surface area (Å²) in [6, 6.07) is 11.2. The standard InChI is InChI=1S/C25H40N4O3S.C7H5NO/c1-18(2)33(31,32)29(7)23-16-21(12-14-27-23)24(30)28-19(3)11-13-26-17-20-9-8-10-22(15-20)25(4,5)6;8-5-6-2-1-3-7(9)4-6/h9,12,14-16,18-19,26H,8,10-11,13,17H2,1-7H3,(H,28,30);1-4,9H/t19-;/m0./s1. The molecule has 42 heavy (non-hydrogen) atoms. The van der Waals surface area contributed by atoms with Crippen LogP contribution < -0.4 is 14.9 Å². The van der Waals surface area contributed by atoms with Crippen LogP contribution in [-0.2, 0) is 10.0 Å². The molecule has 0 radical (unpaired) electrons. The molecule has 228 valence electrons. The van der Waals surface area contributed by atoms with Gasteiger partial charge in [0.1, 0.15) is 11.6 Å². The average Bonchev–Trinajstić information content (AvgIpc) is 2.95. The van der Waals surface area contributed by atoms with Crippen molar-refractivity contribution in [2.45, 2.75) is 72.1 Å². The highest BCUT2D eigenvalue weighted by Crippen LogP contribution is 2.32. The average molecular weight is 596 g/mol. The number of hydrogen-bond donors (Lipinski definition) is 3. The minimum Gasteiger partial charge on any atom is -0.508 e. The molecule has 3 N–H and O–H groups in total. The van der Waals surface area contributed by atoms with Gasteiger partial charge in [-0.05, 0) is 87.9 Å². The molecular formula is C32H45N5O4S. The van der Waals surface area contributed by atoms with E-state index in [0.29, 0.717) is 11.1 Å². The Bertz CT molecular complexity index is 1420. The number of aromatic nitrogens is 1. The number of carbonyl (C=O) groups excluding carboxylic acids is 1. The van der Waals surface area contributed by atoms with Gasteiger partial charge in [-0.2, -0.15) is 5.26 Å². The van der Waals surface area contributed by atoms with E-state index in [9.17, 15) is 13.2 Å². The van der Waals surface area contributed by atoms with Crippen LogP contribution in [0.5, 0.6) is 5.75 Å². The van der Waals surface area contributed by atoms with E-state index in [0.717, 1.165) is 36.7 Å². The maximum Gasteiger partial charge on any atom is 0.251 e. The Balaban J connectivity index is 0.000000581. The Kier molecular flexibility index (Phi) is 12.8. The molecule has 1 aliphatic rings. The Hall–Kier alpha value is -3.68. The fraction of sp³-hybridized carbons (Fsp3) is 0.469. The molecular weight excluding hydrogens is 550 g/mol. The van der Waals surface area contributed by atoms with Gasteiger partial charge in [0.15, 0.2) is 0 Å². The lowest BCUT2D eigenvalue weighted by Gasteiger charge is -2.26. The molecule has 0 aliphatic heterocycles. The second kappa shape index (κ2) is 15.5. The first kappa shape index (κ1) is 34.5. The van der Waals surface area contributed by atoms with E-state index in [4.69, 9.17) is 10.4 Å². The topological polar surface area (TPSA) is 135 Å². The molecule has 10 heteroatoms. The lowest BCUT2D eigenvalue weighted by molar-refractivity contribution is 0.0938. The molecule has 9 nitrogen and oxygen atoms in total. The molecule has 1 atom stereocenters. The van der Waals surface area contributed by atoms with Gasteiger partial charge in [-0.25, -0.2) is 13.4 Å². The van der Waals surface area contributed by atoms with Crippen molar-refractivity contribution in [2.75, 3.05) is 24.4 Å². The number of hydrogen-bond acceptors (Lipinski definition) is 7. The normalized spacial score (nSPS) is 14.1. The predicted octanol–water partition coefficient (Wildman–Crippen LogP) is 5.31. The van der Waals surface area contributed by atoms with Crippen LogP contribution in [0, 0.1) is 16.7 Å². The fourth-order valence-electron chi connectivity index (χ4n) is 4.17. The number of rotatable bonds is 10. The molecule has 1 heterocycles. The molecule has 0 bridgehead atoms. The predicted molar refractivity (Wildman–Crippen MR) is 169 cm³/mol. The van der Waals surface area contributed by atoms with Crippen LogP contribution in [0.1, 0.15) is 76.7 Å². The maximum atomic E-state index is 12.7. The number of phenols is 1. The number of anilines is 1. The van der Waals surface area contributed by atoms with Crippen molar-refractivity contribution in [1.29, 1.82) is 5.26 Å². The van der Waals surface area contributed by atoms with Gasteiger partial charge in [-0.15, -0.1) is 0 Å². The highest BCUT2D eigenvalue weighted by molar-refractivity contribution is 7.93. The maximum absolute atomic E-state index is 12.7. The lowest BCUT2D eigenvalue weighted by Crippen LogP contribution is -2.36. The van der Waals surface area contributed by atoms with E-state index in [1.165, 1.54) is 42.6 Å². The van der Waals surface area contributed by atoms with Gasteiger partial charge in [-0.3, -0.25) is 9.10 Å². The van der Waals surface area contributed by atoms with Gasteiger partial charge in [0.2, 0.25) is 10.0 Å². The number of nitrogens with zero attached hydrogens (tertiary/aromatic N) is 3. The lowest BCUT2D eigenvalue weighted by atomic mass is 9.80. The third-order valence-corrected chi connectivity index (χ3v) is 9.03. The summed E-state index contributed by atoms with van der Waals surface area (Å²) in [6.45, 7) is 13.6. The van der Waals surface area contributed by atoms with Crippen LogP contribution in [0.4, 0.5) is 5.82 Å². The van der Waals surface area contributed by atoms with E-state index in [1.54, 1.807) is 32.0 Å². The third kappa shape index (κ3) is 10.6. The first-order valence-corrected chi connectivity index (χ1v) is 15.7. The summed E-state index contributed by atoms with van der Waals surface area (Å²) < 4.78 is 25.9. The van der Waals surface area contributed by atoms with Crippen molar-refractivity contribution in [3.8, 4) is 11.8 Å². The van der Waals surface area contributed by atoms with Gasteiger partial charge in [-0.1, -0.05) is 44.6 Å². The molecule has 3 rings (SSSR count). The first-order valence-electron chi connectivity index (χ1n) is 14.2. The van der Waals surface area contributed by atoms with Gasteiger partial charge in [0.05, 0.1) is 16.9 Å². The van der Waals surface area contributed by atoms with Crippen molar-refractivity contribution in [1.82, 2.24) is 15.6 Å². The van der Waals surface area contributed by atoms with Crippen LogP contribution in [-0.4, -0.2) is 55.8 Å². The second-order valence-corrected chi connectivity index (χ2v) is 14.2. The summed E-state index contributed by atoms with van der Waals surface area (Å²) in [5.74, 6) is 0.123. The largest absolute Gasteiger partial charge is 0.508 e. The number of pyridine rings is 1. The van der Waals surface area contributed by atoms with Crippen molar-refractivity contribution in [3.63, 3.8) is 0 Å². The highest BCUT2D eigenvalue weighted by atomic mass is 32.2. The zero-order valence-electron chi connectivity index (χ0n) is 25.8. The number of aromatic hydroxyl groups is 1. The summed E-state index contributed by atoms with van der Waals surface area (Å²) in [4.78, 5) is 16.8. The summed E-state index contributed by atoms with van der Waals surface area (Å²) in [5.41, 5.74) is 3.89. The number of nitriles is 1. The van der Waals surface area contributed by atoms with Crippen molar-refractivity contribution in [2.24, 2.45) is 5.41 Å². The van der Waals surface area contributed by atoms with Crippen molar-refractivity contribution >= 4 is 21.7 Å². The van der Waals surface area contributed by atoms with Gasteiger partial charge < -0.3 is 15.7 Å². The molecule has 1 aromatic heterocycles. The number of allylic oxidation sites excluding steroid dienone is 2. The molecule has 0 saturated carbocycles. The second-order valence-electron chi connectivity index (χ2n) is 11.7. The minimum atomic E-state index is -3.51. The molecule has 0 spiro atoms. The van der Waals surface area contributed by atoms with Crippen LogP contribution in [0.25, 0.3) is 0 Å².